The third-order valence-electron chi connectivity index (χ3n) is 4.07. The van der Waals surface area contributed by atoms with Crippen molar-refractivity contribution in [3.05, 3.63) is 35.9 Å². The van der Waals surface area contributed by atoms with E-state index in [1.54, 1.807) is 31.9 Å². The van der Waals surface area contributed by atoms with Crippen molar-refractivity contribution in [3.63, 3.8) is 0 Å². The molecular weight excluding hydrogens is 346 g/mol. The molecule has 0 saturated heterocycles. The van der Waals surface area contributed by atoms with Gasteiger partial charge in [0.2, 0.25) is 0 Å². The SMILES string of the molecule is CCOC(=O)C(=C[C@H]1C[C@@H](F)[C@@H](F)C1)c1ccc(SCCOC)cc1. The van der Waals surface area contributed by atoms with E-state index in [0.717, 1.165) is 10.6 Å². The highest BCUT2D eigenvalue weighted by molar-refractivity contribution is 7.99. The van der Waals surface area contributed by atoms with Crippen LogP contribution in [0.25, 0.3) is 5.57 Å². The Hall–Kier alpha value is -1.40. The molecule has 0 aromatic heterocycles. The number of esters is 1. The second-order valence-electron chi connectivity index (χ2n) is 5.93. The molecule has 25 heavy (non-hydrogen) atoms. The molecule has 0 spiro atoms. The van der Waals surface area contributed by atoms with E-state index in [9.17, 15) is 13.6 Å². The molecule has 1 aromatic carbocycles. The predicted molar refractivity (Wildman–Crippen MR) is 96.2 cm³/mol. The van der Waals surface area contributed by atoms with Crippen LogP contribution >= 0.6 is 11.8 Å². The van der Waals surface area contributed by atoms with E-state index >= 15 is 0 Å². The van der Waals surface area contributed by atoms with Crippen LogP contribution in [0.15, 0.2) is 35.2 Å². The van der Waals surface area contributed by atoms with E-state index in [1.807, 2.05) is 24.3 Å². The van der Waals surface area contributed by atoms with Crippen molar-refractivity contribution in [2.24, 2.45) is 5.92 Å². The van der Waals surface area contributed by atoms with Crippen molar-refractivity contribution in [3.8, 4) is 0 Å². The smallest absolute Gasteiger partial charge is 0.338 e. The number of carbonyl (C=O) groups excluding carboxylic acids is 1. The molecule has 3 atom stereocenters. The standard InChI is InChI=1S/C19H24F2O3S/c1-3-24-19(22)16(10-13-11-17(20)18(21)12-13)14-4-6-15(7-5-14)25-9-8-23-2/h4-7,10,13,17-18H,3,8-9,11-12H2,1-2H3/t13-,17+,18-. The van der Waals surface area contributed by atoms with Gasteiger partial charge in [0, 0.05) is 17.8 Å². The topological polar surface area (TPSA) is 35.5 Å². The van der Waals surface area contributed by atoms with Crippen LogP contribution in [0.5, 0.6) is 0 Å². The van der Waals surface area contributed by atoms with Gasteiger partial charge in [-0.1, -0.05) is 18.2 Å². The number of hydrogen-bond donors (Lipinski definition) is 0. The second kappa shape index (κ2) is 9.92. The lowest BCUT2D eigenvalue weighted by molar-refractivity contribution is -0.136. The molecular formula is C19H24F2O3S. The number of ether oxygens (including phenoxy) is 2. The van der Waals surface area contributed by atoms with Crippen LogP contribution in [-0.2, 0) is 14.3 Å². The van der Waals surface area contributed by atoms with Crippen LogP contribution in [0.4, 0.5) is 8.78 Å². The minimum Gasteiger partial charge on any atom is -0.462 e. The number of carbonyl (C=O) groups is 1. The van der Waals surface area contributed by atoms with Crippen LogP contribution in [0.3, 0.4) is 0 Å². The van der Waals surface area contributed by atoms with Gasteiger partial charge in [-0.3, -0.25) is 0 Å². The Morgan fingerprint density at radius 1 is 1.24 bits per heavy atom. The lowest BCUT2D eigenvalue weighted by atomic mass is 9.98. The average molecular weight is 370 g/mol. The Morgan fingerprint density at radius 2 is 1.88 bits per heavy atom. The molecule has 1 saturated carbocycles. The second-order valence-corrected chi connectivity index (χ2v) is 7.10. The van der Waals surface area contributed by atoms with Crippen molar-refractivity contribution in [1.82, 2.24) is 0 Å². The summed E-state index contributed by atoms with van der Waals surface area (Å²) in [5, 5.41) is 0. The maximum absolute atomic E-state index is 13.4. The summed E-state index contributed by atoms with van der Waals surface area (Å²) in [6, 6.07) is 7.53. The highest BCUT2D eigenvalue weighted by atomic mass is 32.2. The first kappa shape index (κ1) is 19.9. The maximum Gasteiger partial charge on any atom is 0.338 e. The first-order valence-corrected chi connectivity index (χ1v) is 9.43. The number of hydrogen-bond acceptors (Lipinski definition) is 4. The molecule has 0 unspecified atom stereocenters. The number of allylic oxidation sites excluding steroid dienone is 1. The molecule has 1 fully saturated rings. The Morgan fingerprint density at radius 3 is 2.44 bits per heavy atom. The first-order chi connectivity index (χ1) is 12.0. The number of alkyl halides is 2. The van der Waals surface area contributed by atoms with Crippen molar-refractivity contribution in [2.75, 3.05) is 26.1 Å². The molecule has 0 N–H and O–H groups in total. The molecule has 1 aromatic rings. The number of halogens is 2. The van der Waals surface area contributed by atoms with E-state index in [0.29, 0.717) is 17.7 Å². The zero-order chi connectivity index (χ0) is 18.2. The zero-order valence-corrected chi connectivity index (χ0v) is 15.4. The third kappa shape index (κ3) is 5.82. The van der Waals surface area contributed by atoms with Gasteiger partial charge in [-0.15, -0.1) is 11.8 Å². The Bertz CT molecular complexity index is 579. The van der Waals surface area contributed by atoms with Gasteiger partial charge >= 0.3 is 5.97 Å². The molecule has 2 rings (SSSR count). The molecule has 1 aliphatic carbocycles. The summed E-state index contributed by atoms with van der Waals surface area (Å²) >= 11 is 1.66. The van der Waals surface area contributed by atoms with Crippen molar-refractivity contribution >= 4 is 23.3 Å². The van der Waals surface area contributed by atoms with Gasteiger partial charge in [-0.2, -0.15) is 0 Å². The van der Waals surface area contributed by atoms with Gasteiger partial charge in [0.25, 0.3) is 0 Å². The molecule has 1 aliphatic rings. The third-order valence-corrected chi connectivity index (χ3v) is 5.04. The Labute approximate surface area is 151 Å². The van der Waals surface area contributed by atoms with Gasteiger partial charge in [0.15, 0.2) is 0 Å². The molecule has 138 valence electrons. The summed E-state index contributed by atoms with van der Waals surface area (Å²) in [4.78, 5) is 13.4. The number of benzene rings is 1. The van der Waals surface area contributed by atoms with Crippen molar-refractivity contribution in [1.29, 1.82) is 0 Å². The van der Waals surface area contributed by atoms with Gasteiger partial charge in [-0.05, 0) is 43.4 Å². The Kier molecular flexibility index (Phi) is 7.90. The summed E-state index contributed by atoms with van der Waals surface area (Å²) in [6.07, 6.45) is -1.03. The normalized spacial score (nSPS) is 23.7. The van der Waals surface area contributed by atoms with Crippen LogP contribution in [0.2, 0.25) is 0 Å². The summed E-state index contributed by atoms with van der Waals surface area (Å²) in [7, 11) is 1.66. The maximum atomic E-state index is 13.4. The highest BCUT2D eigenvalue weighted by Gasteiger charge is 2.34. The van der Waals surface area contributed by atoms with Gasteiger partial charge in [-0.25, -0.2) is 13.6 Å². The Balaban J connectivity index is 2.16. The van der Waals surface area contributed by atoms with Crippen LogP contribution in [-0.4, -0.2) is 44.4 Å². The van der Waals surface area contributed by atoms with Gasteiger partial charge in [0.05, 0.1) is 18.8 Å². The summed E-state index contributed by atoms with van der Waals surface area (Å²) in [6.45, 7) is 2.65. The van der Waals surface area contributed by atoms with E-state index in [2.05, 4.69) is 0 Å². The van der Waals surface area contributed by atoms with E-state index < -0.39 is 18.3 Å². The number of thioether (sulfide) groups is 1. The molecule has 3 nitrogen and oxygen atoms in total. The van der Waals surface area contributed by atoms with Crippen LogP contribution < -0.4 is 0 Å². The fraction of sp³-hybridized carbons (Fsp3) is 0.526. The van der Waals surface area contributed by atoms with Gasteiger partial charge in [0.1, 0.15) is 12.3 Å². The summed E-state index contributed by atoms with van der Waals surface area (Å²) in [5.74, 6) is 0.0917. The average Bonchev–Trinajstić information content (AvgIpc) is 2.92. The lowest BCUT2D eigenvalue weighted by Crippen LogP contribution is -2.08. The number of methoxy groups -OCH3 is 1. The monoisotopic (exact) mass is 370 g/mol. The van der Waals surface area contributed by atoms with Crippen molar-refractivity contribution in [2.45, 2.75) is 37.0 Å². The molecule has 0 amide bonds. The highest BCUT2D eigenvalue weighted by Crippen LogP contribution is 2.34. The van der Waals surface area contributed by atoms with Crippen LogP contribution in [0.1, 0.15) is 25.3 Å². The molecule has 0 heterocycles. The molecule has 0 radical (unpaired) electrons. The van der Waals surface area contributed by atoms with Gasteiger partial charge < -0.3 is 9.47 Å². The fourth-order valence-corrected chi connectivity index (χ4v) is 3.62. The molecule has 0 bridgehead atoms. The van der Waals surface area contributed by atoms with E-state index in [1.165, 1.54) is 0 Å². The van der Waals surface area contributed by atoms with E-state index in [-0.39, 0.29) is 25.4 Å². The summed E-state index contributed by atoms with van der Waals surface area (Å²) in [5.41, 5.74) is 1.08. The summed E-state index contributed by atoms with van der Waals surface area (Å²) < 4.78 is 37.0. The number of rotatable bonds is 8. The van der Waals surface area contributed by atoms with E-state index in [4.69, 9.17) is 9.47 Å². The lowest BCUT2D eigenvalue weighted by Gasteiger charge is -2.11. The quantitative estimate of drug-likeness (QED) is 0.293. The molecule has 0 aliphatic heterocycles. The predicted octanol–water partition coefficient (Wildman–Crippen LogP) is 4.46. The zero-order valence-electron chi connectivity index (χ0n) is 14.5. The largest absolute Gasteiger partial charge is 0.462 e. The molecule has 6 heteroatoms. The van der Waals surface area contributed by atoms with Crippen LogP contribution in [0, 0.1) is 5.92 Å². The minimum absolute atomic E-state index is 0.106. The first-order valence-electron chi connectivity index (χ1n) is 8.44. The fourth-order valence-electron chi connectivity index (χ4n) is 2.81. The van der Waals surface area contributed by atoms with Crippen molar-refractivity contribution < 1.29 is 23.0 Å². The minimum atomic E-state index is -1.45.